The van der Waals surface area contributed by atoms with E-state index in [4.69, 9.17) is 4.74 Å². The molecule has 1 spiro atoms. The van der Waals surface area contributed by atoms with Gasteiger partial charge in [0.05, 0.1) is 12.5 Å². The topological polar surface area (TPSA) is 43.4 Å². The van der Waals surface area contributed by atoms with Crippen LogP contribution in [0, 0.1) is 5.41 Å². The molecule has 0 bridgehead atoms. The van der Waals surface area contributed by atoms with E-state index < -0.39 is 10.8 Å². The van der Waals surface area contributed by atoms with Crippen molar-refractivity contribution in [1.29, 1.82) is 0 Å². The minimum absolute atomic E-state index is 0.0379. The second-order valence-electron chi connectivity index (χ2n) is 6.33. The molecule has 2 aromatic carbocycles. The maximum atomic E-state index is 12.8. The lowest BCUT2D eigenvalue weighted by Crippen LogP contribution is -2.32. The van der Waals surface area contributed by atoms with Crippen LogP contribution in [0.4, 0.5) is 0 Å². The summed E-state index contributed by atoms with van der Waals surface area (Å²) in [5.74, 6) is -0.178. The molecule has 0 N–H and O–H groups in total. The molecule has 0 saturated heterocycles. The zero-order valence-corrected chi connectivity index (χ0v) is 12.6. The molecule has 0 aromatic heterocycles. The summed E-state index contributed by atoms with van der Waals surface area (Å²) in [6, 6.07) is 15.2. The van der Waals surface area contributed by atoms with E-state index in [1.165, 1.54) is 7.11 Å². The summed E-state index contributed by atoms with van der Waals surface area (Å²) in [5.41, 5.74) is 2.25. The number of ketones is 1. The Labute approximate surface area is 128 Å². The van der Waals surface area contributed by atoms with Crippen LogP contribution in [0.25, 0.3) is 0 Å². The largest absolute Gasteiger partial charge is 0.469 e. The zero-order valence-electron chi connectivity index (χ0n) is 12.6. The van der Waals surface area contributed by atoms with E-state index in [1.54, 1.807) is 0 Å². The first-order valence-corrected chi connectivity index (χ1v) is 7.38. The van der Waals surface area contributed by atoms with Crippen LogP contribution < -0.4 is 0 Å². The molecule has 0 amide bonds. The van der Waals surface area contributed by atoms with Crippen LogP contribution in [0.1, 0.15) is 40.4 Å². The molecule has 2 aromatic rings. The molecule has 0 unspecified atom stereocenters. The molecule has 0 aliphatic heterocycles. The first-order chi connectivity index (χ1) is 10.6. The van der Waals surface area contributed by atoms with E-state index in [1.807, 2.05) is 55.5 Å². The monoisotopic (exact) mass is 292 g/mol. The Morgan fingerprint density at radius 3 is 2.00 bits per heavy atom. The minimum atomic E-state index is -0.616. The van der Waals surface area contributed by atoms with Gasteiger partial charge in [0.2, 0.25) is 0 Å². The highest BCUT2D eigenvalue weighted by Crippen LogP contribution is 2.70. The Bertz CT molecular complexity index is 771. The van der Waals surface area contributed by atoms with E-state index in [0.29, 0.717) is 17.5 Å². The van der Waals surface area contributed by atoms with Gasteiger partial charge in [-0.25, -0.2) is 0 Å². The van der Waals surface area contributed by atoms with Crippen LogP contribution in [0.3, 0.4) is 0 Å². The van der Waals surface area contributed by atoms with Crippen molar-refractivity contribution >= 4 is 11.8 Å². The van der Waals surface area contributed by atoms with Gasteiger partial charge in [0.1, 0.15) is 0 Å². The van der Waals surface area contributed by atoms with Gasteiger partial charge >= 0.3 is 5.97 Å². The summed E-state index contributed by atoms with van der Waals surface area (Å²) >= 11 is 0. The lowest BCUT2D eigenvalue weighted by Gasteiger charge is -2.30. The highest BCUT2D eigenvalue weighted by Gasteiger charge is 2.73. The van der Waals surface area contributed by atoms with Crippen molar-refractivity contribution in [1.82, 2.24) is 0 Å². The van der Waals surface area contributed by atoms with Gasteiger partial charge in [-0.15, -0.1) is 0 Å². The van der Waals surface area contributed by atoms with Crippen molar-refractivity contribution in [3.05, 3.63) is 70.8 Å². The summed E-state index contributed by atoms with van der Waals surface area (Å²) in [6.07, 6.45) is 0.675. The summed E-state index contributed by atoms with van der Waals surface area (Å²) in [7, 11) is 1.42. The molecule has 3 nitrogen and oxygen atoms in total. The van der Waals surface area contributed by atoms with Crippen molar-refractivity contribution in [2.45, 2.75) is 18.8 Å². The summed E-state index contributed by atoms with van der Waals surface area (Å²) < 4.78 is 5.04. The standard InChI is InChI=1S/C19H16O3/c1-18(17(21)22-2)11-19(18)14-9-5-3-7-12(14)16(20)13-8-4-6-10-15(13)19/h3-10H,11H2,1-2H3/t18-/m1/s1. The van der Waals surface area contributed by atoms with Crippen molar-refractivity contribution in [2.24, 2.45) is 5.41 Å². The van der Waals surface area contributed by atoms with Crippen LogP contribution in [0.15, 0.2) is 48.5 Å². The van der Waals surface area contributed by atoms with Crippen molar-refractivity contribution in [3.8, 4) is 0 Å². The van der Waals surface area contributed by atoms with Crippen LogP contribution >= 0.6 is 0 Å². The lowest BCUT2D eigenvalue weighted by atomic mass is 9.71. The molecule has 0 radical (unpaired) electrons. The summed E-state index contributed by atoms with van der Waals surface area (Å²) in [6.45, 7) is 1.93. The average molecular weight is 292 g/mol. The fraction of sp³-hybridized carbons (Fsp3) is 0.263. The fourth-order valence-corrected chi connectivity index (χ4v) is 4.14. The van der Waals surface area contributed by atoms with Gasteiger partial charge in [0.15, 0.2) is 5.78 Å². The Kier molecular flexibility index (Phi) is 2.45. The molecule has 0 heterocycles. The van der Waals surface area contributed by atoms with E-state index in [9.17, 15) is 9.59 Å². The minimum Gasteiger partial charge on any atom is -0.469 e. The summed E-state index contributed by atoms with van der Waals surface area (Å²) in [5, 5.41) is 0. The number of carbonyl (C=O) groups excluding carboxylic acids is 2. The molecular weight excluding hydrogens is 276 g/mol. The van der Waals surface area contributed by atoms with E-state index >= 15 is 0 Å². The molecule has 4 rings (SSSR count). The summed E-state index contributed by atoms with van der Waals surface area (Å²) in [4.78, 5) is 25.1. The van der Waals surface area contributed by atoms with Gasteiger partial charge in [-0.05, 0) is 24.5 Å². The first kappa shape index (κ1) is 13.3. The Balaban J connectivity index is 2.04. The molecule has 110 valence electrons. The Morgan fingerprint density at radius 2 is 1.50 bits per heavy atom. The number of esters is 1. The Morgan fingerprint density at radius 1 is 1.00 bits per heavy atom. The quantitative estimate of drug-likeness (QED) is 0.759. The third-order valence-electron chi connectivity index (χ3n) is 5.33. The highest BCUT2D eigenvalue weighted by atomic mass is 16.5. The van der Waals surface area contributed by atoms with Crippen LogP contribution in [-0.4, -0.2) is 18.9 Å². The number of fused-ring (bicyclic) bond motifs is 4. The molecule has 1 saturated carbocycles. The van der Waals surface area contributed by atoms with Crippen molar-refractivity contribution in [2.75, 3.05) is 7.11 Å². The second-order valence-corrected chi connectivity index (χ2v) is 6.33. The van der Waals surface area contributed by atoms with Gasteiger partial charge in [-0.1, -0.05) is 48.5 Å². The lowest BCUT2D eigenvalue weighted by molar-refractivity contribution is -0.147. The molecule has 22 heavy (non-hydrogen) atoms. The first-order valence-electron chi connectivity index (χ1n) is 7.38. The number of carbonyl (C=O) groups is 2. The third kappa shape index (κ3) is 1.32. The molecule has 3 heteroatoms. The number of hydrogen-bond acceptors (Lipinski definition) is 3. The molecule has 1 fully saturated rings. The fourth-order valence-electron chi connectivity index (χ4n) is 4.14. The number of rotatable bonds is 1. The maximum absolute atomic E-state index is 12.8. The van der Waals surface area contributed by atoms with E-state index in [0.717, 1.165) is 11.1 Å². The predicted molar refractivity (Wildman–Crippen MR) is 81.8 cm³/mol. The average Bonchev–Trinajstić information content (AvgIpc) is 3.20. The van der Waals surface area contributed by atoms with Gasteiger partial charge in [0.25, 0.3) is 0 Å². The second kappa shape index (κ2) is 4.07. The van der Waals surface area contributed by atoms with Gasteiger partial charge in [-0.3, -0.25) is 9.59 Å². The predicted octanol–water partition coefficient (Wildman–Crippen LogP) is 3.10. The number of hydrogen-bond donors (Lipinski definition) is 0. The number of benzene rings is 2. The van der Waals surface area contributed by atoms with Crippen molar-refractivity contribution in [3.63, 3.8) is 0 Å². The SMILES string of the molecule is COC(=O)[C@@]1(C)CC12c1ccccc1C(=O)c1ccccc12. The van der Waals surface area contributed by atoms with E-state index in [2.05, 4.69) is 0 Å². The normalized spacial score (nSPS) is 23.6. The molecular formula is C19H16O3. The molecule has 1 atom stereocenters. The van der Waals surface area contributed by atoms with Crippen LogP contribution in [0.5, 0.6) is 0 Å². The van der Waals surface area contributed by atoms with Gasteiger partial charge in [0, 0.05) is 16.5 Å². The molecule has 2 aliphatic rings. The molecule has 2 aliphatic carbocycles. The maximum Gasteiger partial charge on any atom is 0.312 e. The zero-order chi connectivity index (χ0) is 15.5. The number of methoxy groups -OCH3 is 1. The van der Waals surface area contributed by atoms with Crippen molar-refractivity contribution < 1.29 is 14.3 Å². The van der Waals surface area contributed by atoms with Crippen LogP contribution in [0.2, 0.25) is 0 Å². The van der Waals surface area contributed by atoms with E-state index in [-0.39, 0.29) is 11.8 Å². The Hall–Kier alpha value is -2.42. The van der Waals surface area contributed by atoms with Gasteiger partial charge < -0.3 is 4.74 Å². The van der Waals surface area contributed by atoms with Crippen LogP contribution in [-0.2, 0) is 14.9 Å². The number of ether oxygens (including phenoxy) is 1. The smallest absolute Gasteiger partial charge is 0.312 e. The highest BCUT2D eigenvalue weighted by molar-refractivity contribution is 6.14. The van der Waals surface area contributed by atoms with Gasteiger partial charge in [-0.2, -0.15) is 0 Å². The third-order valence-corrected chi connectivity index (χ3v) is 5.33.